The van der Waals surface area contributed by atoms with Crippen LogP contribution >= 0.6 is 0 Å². The van der Waals surface area contributed by atoms with Crippen molar-refractivity contribution in [2.45, 2.75) is 44.4 Å². The molecule has 0 aromatic carbocycles. The van der Waals surface area contributed by atoms with Crippen LogP contribution in [-0.2, 0) is 0 Å². The average Bonchev–Trinajstić information content (AvgIpc) is 2.29. The summed E-state index contributed by atoms with van der Waals surface area (Å²) >= 11 is 0. The molecule has 0 amide bonds. The van der Waals surface area contributed by atoms with E-state index in [1.807, 2.05) is 11.8 Å². The molecule has 1 heterocycles. The minimum absolute atomic E-state index is 0.0916. The molecule has 2 atom stereocenters. The normalized spacial score (nSPS) is 23.6. The number of hydrogen-bond acceptors (Lipinski definition) is 3. The standard InChI is InChI=1S/C11H21F3N2O/c1-2-9(15)10(7-17)16-5-3-8(4-6-16)11(12,13)14/h8-10,17H,2-7,15H2,1H3. The highest BCUT2D eigenvalue weighted by atomic mass is 19.4. The molecule has 1 fully saturated rings. The van der Waals surface area contributed by atoms with E-state index in [4.69, 9.17) is 5.73 Å². The molecule has 1 saturated heterocycles. The van der Waals surface area contributed by atoms with E-state index in [9.17, 15) is 18.3 Å². The van der Waals surface area contributed by atoms with Crippen LogP contribution in [0.25, 0.3) is 0 Å². The van der Waals surface area contributed by atoms with Crippen molar-refractivity contribution in [3.63, 3.8) is 0 Å². The van der Waals surface area contributed by atoms with Crippen LogP contribution in [-0.4, -0.2) is 48.0 Å². The van der Waals surface area contributed by atoms with Gasteiger partial charge in [0, 0.05) is 12.1 Å². The summed E-state index contributed by atoms with van der Waals surface area (Å²) in [6.45, 7) is 2.55. The second kappa shape index (κ2) is 6.02. The first-order valence-corrected chi connectivity index (χ1v) is 6.07. The number of nitrogens with zero attached hydrogens (tertiary/aromatic N) is 1. The molecule has 0 radical (unpaired) electrons. The summed E-state index contributed by atoms with van der Waals surface area (Å²) in [5, 5.41) is 9.26. The van der Waals surface area contributed by atoms with Gasteiger partial charge < -0.3 is 10.8 Å². The fraction of sp³-hybridized carbons (Fsp3) is 1.00. The lowest BCUT2D eigenvalue weighted by molar-refractivity contribution is -0.186. The van der Waals surface area contributed by atoms with E-state index < -0.39 is 12.1 Å². The van der Waals surface area contributed by atoms with Crippen LogP contribution in [0.15, 0.2) is 0 Å². The highest BCUT2D eigenvalue weighted by Gasteiger charge is 2.42. The van der Waals surface area contributed by atoms with Crippen LogP contribution in [0.1, 0.15) is 26.2 Å². The second-order valence-electron chi connectivity index (χ2n) is 4.67. The van der Waals surface area contributed by atoms with Crippen molar-refractivity contribution in [3.8, 4) is 0 Å². The predicted octanol–water partition coefficient (Wildman–Crippen LogP) is 1.36. The molecule has 3 nitrogen and oxygen atoms in total. The summed E-state index contributed by atoms with van der Waals surface area (Å²) in [6, 6.07) is -0.392. The third-order valence-electron chi connectivity index (χ3n) is 3.61. The maximum atomic E-state index is 12.5. The molecule has 0 bridgehead atoms. The van der Waals surface area contributed by atoms with Gasteiger partial charge in [0.25, 0.3) is 0 Å². The summed E-state index contributed by atoms with van der Waals surface area (Å²) in [4.78, 5) is 1.89. The Kier molecular flexibility index (Phi) is 5.22. The average molecular weight is 254 g/mol. The molecule has 0 saturated carbocycles. The Labute approximate surface area is 99.8 Å². The van der Waals surface area contributed by atoms with E-state index in [2.05, 4.69) is 0 Å². The predicted molar refractivity (Wildman–Crippen MR) is 59.5 cm³/mol. The molecule has 6 heteroatoms. The number of likely N-dealkylation sites (tertiary alicyclic amines) is 1. The molecule has 1 aliphatic heterocycles. The van der Waals surface area contributed by atoms with Crippen molar-refractivity contribution in [3.05, 3.63) is 0 Å². The zero-order valence-electron chi connectivity index (χ0n) is 10.1. The SMILES string of the molecule is CCC(N)C(CO)N1CCC(C(F)(F)F)CC1. The van der Waals surface area contributed by atoms with E-state index in [1.165, 1.54) is 0 Å². The third-order valence-corrected chi connectivity index (χ3v) is 3.61. The van der Waals surface area contributed by atoms with E-state index >= 15 is 0 Å². The molecule has 1 rings (SSSR count). The van der Waals surface area contributed by atoms with Gasteiger partial charge in [0.2, 0.25) is 0 Å². The van der Waals surface area contributed by atoms with Crippen LogP contribution in [0.3, 0.4) is 0 Å². The highest BCUT2D eigenvalue weighted by molar-refractivity contribution is 4.85. The number of aliphatic hydroxyl groups is 1. The number of aliphatic hydroxyl groups excluding tert-OH is 1. The summed E-state index contributed by atoms with van der Waals surface area (Å²) < 4.78 is 37.5. The monoisotopic (exact) mass is 254 g/mol. The molecular weight excluding hydrogens is 233 g/mol. The van der Waals surface area contributed by atoms with Crippen molar-refractivity contribution in [1.29, 1.82) is 0 Å². The minimum Gasteiger partial charge on any atom is -0.395 e. The number of hydrogen-bond donors (Lipinski definition) is 2. The van der Waals surface area contributed by atoms with Gasteiger partial charge in [-0.2, -0.15) is 13.2 Å². The Balaban J connectivity index is 2.50. The molecule has 102 valence electrons. The lowest BCUT2D eigenvalue weighted by atomic mass is 9.93. The first-order valence-electron chi connectivity index (χ1n) is 6.07. The smallest absolute Gasteiger partial charge is 0.391 e. The van der Waals surface area contributed by atoms with Gasteiger partial charge >= 0.3 is 6.18 Å². The molecule has 0 spiro atoms. The van der Waals surface area contributed by atoms with Crippen LogP contribution in [0.2, 0.25) is 0 Å². The van der Waals surface area contributed by atoms with Gasteiger partial charge in [0.15, 0.2) is 0 Å². The van der Waals surface area contributed by atoms with Crippen molar-refractivity contribution in [1.82, 2.24) is 4.90 Å². The highest BCUT2D eigenvalue weighted by Crippen LogP contribution is 2.34. The molecule has 0 aromatic heterocycles. The maximum Gasteiger partial charge on any atom is 0.391 e. The van der Waals surface area contributed by atoms with Crippen LogP contribution < -0.4 is 5.73 Å². The molecular formula is C11H21F3N2O. The van der Waals surface area contributed by atoms with E-state index in [0.29, 0.717) is 19.5 Å². The van der Waals surface area contributed by atoms with Gasteiger partial charge in [0.05, 0.1) is 12.5 Å². The van der Waals surface area contributed by atoms with Gasteiger partial charge in [-0.05, 0) is 32.4 Å². The van der Waals surface area contributed by atoms with Gasteiger partial charge in [-0.1, -0.05) is 6.92 Å². The molecule has 0 aromatic rings. The fourth-order valence-electron chi connectivity index (χ4n) is 2.35. The number of rotatable bonds is 4. The molecule has 17 heavy (non-hydrogen) atoms. The number of piperidine rings is 1. The summed E-state index contributed by atoms with van der Waals surface area (Å²) in [5.74, 6) is -1.20. The van der Waals surface area contributed by atoms with Crippen LogP contribution in [0.5, 0.6) is 0 Å². The summed E-state index contributed by atoms with van der Waals surface area (Å²) in [6.07, 6.45) is -3.16. The maximum absolute atomic E-state index is 12.5. The third kappa shape index (κ3) is 3.82. The van der Waals surface area contributed by atoms with Gasteiger partial charge in [0.1, 0.15) is 0 Å². The molecule has 1 aliphatic rings. The van der Waals surface area contributed by atoms with Crippen molar-refractivity contribution in [2.75, 3.05) is 19.7 Å². The fourth-order valence-corrected chi connectivity index (χ4v) is 2.35. The Morgan fingerprint density at radius 3 is 2.24 bits per heavy atom. The lowest BCUT2D eigenvalue weighted by Gasteiger charge is -2.39. The summed E-state index contributed by atoms with van der Waals surface area (Å²) in [7, 11) is 0. The van der Waals surface area contributed by atoms with Crippen molar-refractivity contribution >= 4 is 0 Å². The van der Waals surface area contributed by atoms with Gasteiger partial charge in [-0.25, -0.2) is 0 Å². The van der Waals surface area contributed by atoms with E-state index in [0.717, 1.165) is 0 Å². The van der Waals surface area contributed by atoms with Crippen molar-refractivity contribution in [2.24, 2.45) is 11.7 Å². The Morgan fingerprint density at radius 1 is 1.35 bits per heavy atom. The lowest BCUT2D eigenvalue weighted by Crippen LogP contribution is -2.53. The number of nitrogens with two attached hydrogens (primary N) is 1. The van der Waals surface area contributed by atoms with E-state index in [1.54, 1.807) is 0 Å². The Morgan fingerprint density at radius 2 is 1.88 bits per heavy atom. The van der Waals surface area contributed by atoms with Gasteiger partial charge in [-0.15, -0.1) is 0 Å². The molecule has 0 aliphatic carbocycles. The number of halogens is 3. The van der Waals surface area contributed by atoms with Gasteiger partial charge in [-0.3, -0.25) is 4.90 Å². The quantitative estimate of drug-likeness (QED) is 0.796. The first kappa shape index (κ1) is 14.7. The first-order chi connectivity index (χ1) is 7.90. The number of alkyl halides is 3. The molecule has 3 N–H and O–H groups in total. The van der Waals surface area contributed by atoms with Crippen molar-refractivity contribution < 1.29 is 18.3 Å². The minimum atomic E-state index is -4.09. The zero-order chi connectivity index (χ0) is 13.1. The van der Waals surface area contributed by atoms with Crippen LogP contribution in [0.4, 0.5) is 13.2 Å². The second-order valence-corrected chi connectivity index (χ2v) is 4.67. The Bertz CT molecular complexity index is 227. The van der Waals surface area contributed by atoms with E-state index in [-0.39, 0.29) is 31.5 Å². The van der Waals surface area contributed by atoms with Crippen LogP contribution in [0, 0.1) is 5.92 Å². The molecule has 2 unspecified atom stereocenters. The zero-order valence-corrected chi connectivity index (χ0v) is 10.1. The Hall–Kier alpha value is -0.330. The summed E-state index contributed by atoms with van der Waals surface area (Å²) in [5.41, 5.74) is 5.86. The largest absolute Gasteiger partial charge is 0.395 e. The topological polar surface area (TPSA) is 49.5 Å².